The van der Waals surface area contributed by atoms with Crippen LogP contribution in [0.4, 0.5) is 0 Å². The van der Waals surface area contributed by atoms with Gasteiger partial charge in [-0.05, 0) is 134 Å². The molecule has 9 aromatic carbocycles. The maximum Gasteiger partial charge on any atom is 0.260 e. The average molecular weight is 1060 g/mol. The highest BCUT2D eigenvalue weighted by Crippen LogP contribution is 2.47. The number of nitrogens with zero attached hydrogens (tertiary/aromatic N) is 1. The lowest BCUT2D eigenvalue weighted by Gasteiger charge is -2.36. The predicted octanol–water partition coefficient (Wildman–Crippen LogP) is 15.0. The fourth-order valence-corrected chi connectivity index (χ4v) is 16.9. The van der Waals surface area contributed by atoms with Crippen molar-refractivity contribution in [2.75, 3.05) is 0 Å². The second-order valence-corrected chi connectivity index (χ2v) is 30.2. The van der Waals surface area contributed by atoms with E-state index in [9.17, 15) is 0 Å². The Labute approximate surface area is 476 Å². The highest BCUT2D eigenvalue weighted by Gasteiger charge is 2.45. The number of benzene rings is 9. The molecule has 0 N–H and O–H groups in total. The molecule has 3 nitrogen and oxygen atoms in total. The minimum Gasteiger partial charge on any atom is -0.458 e. The van der Waals surface area contributed by atoms with E-state index in [1.807, 2.05) is 12.3 Å². The highest BCUT2D eigenvalue weighted by molar-refractivity contribution is 7.19. The van der Waals surface area contributed by atoms with Crippen molar-refractivity contribution < 1.29 is 9.47 Å². The van der Waals surface area contributed by atoms with Crippen molar-refractivity contribution in [3.05, 3.63) is 241 Å². The number of pyridine rings is 1. The van der Waals surface area contributed by atoms with Crippen LogP contribution >= 0.6 is 0 Å². The first-order valence-electron chi connectivity index (χ1n) is 28.5. The summed E-state index contributed by atoms with van der Waals surface area (Å²) >= 11 is 0. The van der Waals surface area contributed by atoms with Crippen LogP contribution in [-0.2, 0) is 21.7 Å². The van der Waals surface area contributed by atoms with E-state index in [-0.39, 0.29) is 28.4 Å². The quantitative estimate of drug-likeness (QED) is 0.112. The zero-order valence-electron chi connectivity index (χ0n) is 48.6. The molecule has 0 amide bonds. The van der Waals surface area contributed by atoms with Crippen LogP contribution in [0.15, 0.2) is 219 Å². The molecule has 3 heterocycles. The van der Waals surface area contributed by atoms with Gasteiger partial charge < -0.3 is 9.47 Å². The van der Waals surface area contributed by atoms with Gasteiger partial charge in [-0.15, -0.1) is 0 Å². The SMILES string of the molecule is CC(C)(C)c1cc(-c2ccc3c(c2)Oc2c(-c4ccc([Si](c5ccccc5)(c5ccccc5)c5ccccc5)cc4)cc(-c4ccccn4)c4c2B3c2ccc(-c3cc(C(C)(C)C)cc(C(C)(C)C)c3)cc2O4)cc(C(C)(C)C)c1. The summed E-state index contributed by atoms with van der Waals surface area (Å²) in [5, 5.41) is 5.31. The molecule has 80 heavy (non-hydrogen) atoms. The normalized spacial score (nSPS) is 13.2. The topological polar surface area (TPSA) is 31.4 Å². The third-order valence-electron chi connectivity index (χ3n) is 16.8. The fraction of sp³-hybridized carbons (Fsp3) is 0.213. The van der Waals surface area contributed by atoms with Gasteiger partial charge in [0.05, 0.1) is 5.69 Å². The summed E-state index contributed by atoms with van der Waals surface area (Å²) in [6.45, 7) is 27.5. The number of fused-ring (bicyclic) bond motifs is 4. The lowest BCUT2D eigenvalue weighted by atomic mass is 9.34. The van der Waals surface area contributed by atoms with E-state index in [0.717, 1.165) is 72.9 Å². The molecule has 2 aliphatic rings. The Balaban J connectivity index is 1.10. The minimum atomic E-state index is -2.81. The fourth-order valence-electron chi connectivity index (χ4n) is 12.1. The Morgan fingerprint density at radius 3 is 1.10 bits per heavy atom. The Morgan fingerprint density at radius 1 is 0.338 bits per heavy atom. The second-order valence-electron chi connectivity index (χ2n) is 26.4. The Kier molecular flexibility index (Phi) is 13.0. The highest BCUT2D eigenvalue weighted by atomic mass is 28.3. The zero-order chi connectivity index (χ0) is 55.9. The largest absolute Gasteiger partial charge is 0.458 e. The van der Waals surface area contributed by atoms with Crippen LogP contribution in [0.25, 0.3) is 44.6 Å². The molecule has 2 aliphatic heterocycles. The van der Waals surface area contributed by atoms with E-state index >= 15 is 0 Å². The molecule has 0 radical (unpaired) electrons. The second kappa shape index (κ2) is 19.7. The summed E-state index contributed by atoms with van der Waals surface area (Å²) in [6.07, 6.45) is 1.88. The van der Waals surface area contributed by atoms with Crippen LogP contribution < -0.4 is 46.6 Å². The maximum atomic E-state index is 7.57. The van der Waals surface area contributed by atoms with Crippen LogP contribution in [0, 0.1) is 0 Å². The van der Waals surface area contributed by atoms with Crippen molar-refractivity contribution in [2.24, 2.45) is 0 Å². The summed E-state index contributed by atoms with van der Waals surface area (Å²) in [5.74, 6) is 3.27. The van der Waals surface area contributed by atoms with Crippen molar-refractivity contribution in [3.8, 4) is 67.6 Å². The van der Waals surface area contributed by atoms with Gasteiger partial charge in [-0.25, -0.2) is 0 Å². The smallest absolute Gasteiger partial charge is 0.260 e. The van der Waals surface area contributed by atoms with Gasteiger partial charge in [0, 0.05) is 22.8 Å². The summed E-state index contributed by atoms with van der Waals surface area (Å²) in [5.41, 5.74) is 16.8. The standard InChI is InChI=1S/C75H72BNO2Si/c1-72(2,3)54-40-52(41-55(46-54)73(4,5)6)50-33-37-64-67(44-50)78-70-62(49-31-35-61(36-32-49)80(58-24-16-13-17-25-58,59-26-18-14-19-27-59)60-28-20-15-21-29-60)48-63(66-30-22-23-39-77-66)71-69(70)76(64)65-38-34-51(45-68(65)79-71)53-42-56(74(7,8)9)47-57(43-53)75(10,11)12/h13-48H,1-12H3. The van der Waals surface area contributed by atoms with E-state index in [2.05, 4.69) is 289 Å². The first-order chi connectivity index (χ1) is 38.2. The molecule has 0 spiro atoms. The monoisotopic (exact) mass is 1060 g/mol. The van der Waals surface area contributed by atoms with E-state index < -0.39 is 8.07 Å². The predicted molar refractivity (Wildman–Crippen MR) is 342 cm³/mol. The molecular formula is C75H72BNO2Si. The van der Waals surface area contributed by atoms with Crippen LogP contribution in [-0.4, -0.2) is 19.8 Å². The van der Waals surface area contributed by atoms with Crippen LogP contribution in [0.1, 0.15) is 105 Å². The Bertz CT molecular complexity index is 3780. The molecule has 0 aliphatic carbocycles. The maximum absolute atomic E-state index is 7.57. The molecule has 0 saturated carbocycles. The van der Waals surface area contributed by atoms with Gasteiger partial charge in [0.1, 0.15) is 23.0 Å². The number of hydrogen-bond donors (Lipinski definition) is 0. The number of ether oxygens (including phenoxy) is 2. The number of hydrogen-bond acceptors (Lipinski definition) is 3. The van der Waals surface area contributed by atoms with E-state index in [1.54, 1.807) is 0 Å². The van der Waals surface area contributed by atoms with Gasteiger partial charge >= 0.3 is 0 Å². The summed E-state index contributed by atoms with van der Waals surface area (Å²) in [6, 6.07) is 79.4. The van der Waals surface area contributed by atoms with Crippen molar-refractivity contribution in [1.29, 1.82) is 0 Å². The lowest BCUT2D eigenvalue weighted by Crippen LogP contribution is -2.74. The summed E-state index contributed by atoms with van der Waals surface area (Å²) in [4.78, 5) is 5.05. The van der Waals surface area contributed by atoms with Gasteiger partial charge in [0.2, 0.25) is 0 Å². The molecule has 12 rings (SSSR count). The van der Waals surface area contributed by atoms with E-state index in [1.165, 1.54) is 54.1 Å². The lowest BCUT2D eigenvalue weighted by molar-refractivity contribution is 0.467. The molecule has 0 unspecified atom stereocenters. The van der Waals surface area contributed by atoms with Gasteiger partial charge in [-0.1, -0.05) is 265 Å². The van der Waals surface area contributed by atoms with Crippen molar-refractivity contribution in [3.63, 3.8) is 0 Å². The molecular weight excluding hydrogens is 986 g/mol. The number of rotatable bonds is 8. The number of aromatic nitrogens is 1. The first kappa shape index (κ1) is 52.7. The van der Waals surface area contributed by atoms with Crippen molar-refractivity contribution in [2.45, 2.75) is 105 Å². The Morgan fingerprint density at radius 2 is 0.713 bits per heavy atom. The van der Waals surface area contributed by atoms with Gasteiger partial charge in [-0.3, -0.25) is 4.98 Å². The van der Waals surface area contributed by atoms with Gasteiger partial charge in [0.25, 0.3) is 6.71 Å². The molecule has 0 saturated heterocycles. The minimum absolute atomic E-state index is 0.0323. The van der Waals surface area contributed by atoms with Gasteiger partial charge in [-0.2, -0.15) is 0 Å². The molecule has 1 aromatic heterocycles. The average Bonchev–Trinajstić information content (AvgIpc) is 3.63. The Hall–Kier alpha value is -7.99. The zero-order valence-corrected chi connectivity index (χ0v) is 49.6. The molecule has 5 heteroatoms. The third-order valence-corrected chi connectivity index (χ3v) is 21.6. The van der Waals surface area contributed by atoms with E-state index in [0.29, 0.717) is 0 Å². The first-order valence-corrected chi connectivity index (χ1v) is 30.5. The van der Waals surface area contributed by atoms with Crippen LogP contribution in [0.3, 0.4) is 0 Å². The molecule has 0 fully saturated rings. The summed E-state index contributed by atoms with van der Waals surface area (Å²) < 4.78 is 15.0. The molecule has 10 aromatic rings. The molecule has 0 atom stereocenters. The van der Waals surface area contributed by atoms with E-state index in [4.69, 9.17) is 14.5 Å². The van der Waals surface area contributed by atoms with Crippen LogP contribution in [0.2, 0.25) is 0 Å². The van der Waals surface area contributed by atoms with Crippen molar-refractivity contribution >= 4 is 51.9 Å². The van der Waals surface area contributed by atoms with Gasteiger partial charge in [0.15, 0.2) is 8.07 Å². The van der Waals surface area contributed by atoms with Crippen molar-refractivity contribution in [1.82, 2.24) is 4.98 Å². The molecule has 0 bridgehead atoms. The third kappa shape index (κ3) is 9.43. The molecule has 396 valence electrons. The van der Waals surface area contributed by atoms with Crippen LogP contribution in [0.5, 0.6) is 23.0 Å². The summed E-state index contributed by atoms with van der Waals surface area (Å²) in [7, 11) is -2.81.